The fourth-order valence-corrected chi connectivity index (χ4v) is 10.3. The van der Waals surface area contributed by atoms with Crippen molar-refractivity contribution in [1.29, 1.82) is 0 Å². The average Bonchev–Trinajstić information content (AvgIpc) is 3.92. The maximum Gasteiger partial charge on any atom is 0.124 e. The molecule has 0 unspecified atom stereocenters. The van der Waals surface area contributed by atoms with Crippen molar-refractivity contribution >= 4 is 70.7 Å². The Morgan fingerprint density at radius 1 is 0.396 bits per heavy atom. The molecule has 0 saturated heterocycles. The van der Waals surface area contributed by atoms with Crippen LogP contribution in [0.2, 0.25) is 0 Å². The Kier molecular flexibility index (Phi) is 6.94. The van der Waals surface area contributed by atoms with Crippen molar-refractivity contribution in [1.82, 2.24) is 4.98 Å². The number of thiophene rings is 1. The van der Waals surface area contributed by atoms with Gasteiger partial charge < -0.3 is 4.90 Å². The highest BCUT2D eigenvalue weighted by Gasteiger charge is 2.29. The van der Waals surface area contributed by atoms with E-state index >= 15 is 0 Å². The van der Waals surface area contributed by atoms with Gasteiger partial charge in [-0.1, -0.05) is 146 Å². The van der Waals surface area contributed by atoms with Crippen LogP contribution in [0.1, 0.15) is 0 Å². The molecule has 53 heavy (non-hydrogen) atoms. The summed E-state index contributed by atoms with van der Waals surface area (Å²) in [6, 6.07) is 66.0. The summed E-state index contributed by atoms with van der Waals surface area (Å²) in [6.45, 7) is 0. The fourth-order valence-electron chi connectivity index (χ4n) is 8.06. The van der Waals surface area contributed by atoms with Gasteiger partial charge in [-0.2, -0.15) is 0 Å². The predicted octanol–water partition coefficient (Wildman–Crippen LogP) is 14.8. The van der Waals surface area contributed by atoms with Gasteiger partial charge in [0, 0.05) is 59.0 Å². The van der Waals surface area contributed by atoms with Crippen molar-refractivity contribution in [2.24, 2.45) is 0 Å². The zero-order valence-corrected chi connectivity index (χ0v) is 30.2. The van der Waals surface area contributed by atoms with Crippen molar-refractivity contribution in [3.05, 3.63) is 182 Å². The topological polar surface area (TPSA) is 16.1 Å². The number of hydrogen-bond acceptors (Lipinski definition) is 4. The second-order valence-electron chi connectivity index (χ2n) is 13.5. The third-order valence-electron chi connectivity index (χ3n) is 10.4. The Morgan fingerprint density at radius 3 is 1.89 bits per heavy atom. The van der Waals surface area contributed by atoms with Gasteiger partial charge in [0.15, 0.2) is 0 Å². The Morgan fingerprint density at radius 2 is 1.08 bits per heavy atom. The minimum Gasteiger partial charge on any atom is -0.310 e. The first-order valence-corrected chi connectivity index (χ1v) is 19.5. The summed E-state index contributed by atoms with van der Waals surface area (Å²) < 4.78 is 2.57. The summed E-state index contributed by atoms with van der Waals surface area (Å²) in [4.78, 5) is 8.93. The molecule has 10 aromatic rings. The summed E-state index contributed by atoms with van der Waals surface area (Å²) in [5.74, 6) is 0. The molecule has 2 nitrogen and oxygen atoms in total. The molecule has 2 heterocycles. The van der Waals surface area contributed by atoms with E-state index in [9.17, 15) is 0 Å². The van der Waals surface area contributed by atoms with Crippen molar-refractivity contribution < 1.29 is 0 Å². The van der Waals surface area contributed by atoms with Gasteiger partial charge in [-0.05, 0) is 58.7 Å². The van der Waals surface area contributed by atoms with Gasteiger partial charge in [0.2, 0.25) is 0 Å². The summed E-state index contributed by atoms with van der Waals surface area (Å²) in [5, 5.41) is 6.17. The summed E-state index contributed by atoms with van der Waals surface area (Å²) in [5.41, 5.74) is 13.0. The normalized spacial score (nSPS) is 11.8. The van der Waals surface area contributed by atoms with Crippen LogP contribution in [0.15, 0.2) is 182 Å². The van der Waals surface area contributed by atoms with Crippen LogP contribution in [0.3, 0.4) is 0 Å². The molecule has 1 aliphatic carbocycles. The highest BCUT2D eigenvalue weighted by Crippen LogP contribution is 2.54. The lowest BCUT2D eigenvalue weighted by Crippen LogP contribution is -2.10. The Balaban J connectivity index is 1.11. The van der Waals surface area contributed by atoms with Gasteiger partial charge in [-0.15, -0.1) is 22.7 Å². The second-order valence-corrected chi connectivity index (χ2v) is 15.6. The maximum absolute atomic E-state index is 5.23. The standard InChI is InChI=1S/C49H30N2S2/c1-4-13-31(14-5-1)34-19-10-20-35(29-34)51(36-25-26-39-44(30-36)52-43-24-12-21-37(46(39)43)32-15-6-2-7-16-32)42-28-27-41-45-38(42)22-11-23-40(45)47-48(41)53-49(50-47)33-17-8-3-9-18-33/h1-30H. The zero-order valence-electron chi connectivity index (χ0n) is 28.5. The van der Waals surface area contributed by atoms with Crippen molar-refractivity contribution in [2.45, 2.75) is 0 Å². The summed E-state index contributed by atoms with van der Waals surface area (Å²) in [6.07, 6.45) is 0. The van der Waals surface area contributed by atoms with Gasteiger partial charge in [0.05, 0.1) is 16.3 Å². The van der Waals surface area contributed by atoms with E-state index in [-0.39, 0.29) is 0 Å². The monoisotopic (exact) mass is 710 g/mol. The lowest BCUT2D eigenvalue weighted by atomic mass is 9.98. The average molecular weight is 711 g/mol. The van der Waals surface area contributed by atoms with E-state index in [2.05, 4.69) is 187 Å². The van der Waals surface area contributed by atoms with E-state index in [0.29, 0.717) is 0 Å². The minimum atomic E-state index is 1.06. The highest BCUT2D eigenvalue weighted by atomic mass is 32.1. The number of fused-ring (bicyclic) bond motifs is 6. The van der Waals surface area contributed by atoms with Crippen LogP contribution in [-0.2, 0) is 0 Å². The molecule has 4 heteroatoms. The van der Waals surface area contributed by atoms with Crippen LogP contribution in [0.4, 0.5) is 17.1 Å². The molecule has 1 aliphatic rings. The van der Waals surface area contributed by atoms with Gasteiger partial charge >= 0.3 is 0 Å². The van der Waals surface area contributed by atoms with E-state index in [4.69, 9.17) is 4.98 Å². The smallest absolute Gasteiger partial charge is 0.124 e. The Labute approximate surface area is 315 Å². The van der Waals surface area contributed by atoms with E-state index in [1.165, 1.54) is 69.2 Å². The first kappa shape index (κ1) is 30.3. The number of thiazole rings is 1. The molecule has 0 saturated carbocycles. The Hall–Kier alpha value is -6.33. The summed E-state index contributed by atoms with van der Waals surface area (Å²) in [7, 11) is 0. The molecule has 0 aliphatic heterocycles. The van der Waals surface area contributed by atoms with E-state index in [1.54, 1.807) is 11.3 Å². The lowest BCUT2D eigenvalue weighted by Gasteiger charge is -2.28. The van der Waals surface area contributed by atoms with Crippen LogP contribution >= 0.6 is 22.7 Å². The fraction of sp³-hybridized carbons (Fsp3) is 0. The third kappa shape index (κ3) is 4.87. The molecule has 0 fully saturated rings. The van der Waals surface area contributed by atoms with Gasteiger partial charge in [0.25, 0.3) is 0 Å². The molecular weight excluding hydrogens is 681 g/mol. The van der Waals surface area contributed by atoms with Gasteiger partial charge in [-0.25, -0.2) is 4.98 Å². The minimum absolute atomic E-state index is 1.06. The number of anilines is 3. The Bertz CT molecular complexity index is 2970. The van der Waals surface area contributed by atoms with Crippen LogP contribution in [0.5, 0.6) is 0 Å². The molecule has 11 rings (SSSR count). The molecule has 2 aromatic heterocycles. The molecule has 0 spiro atoms. The molecular formula is C49H30N2S2. The molecule has 0 atom stereocenters. The van der Waals surface area contributed by atoms with E-state index < -0.39 is 0 Å². The van der Waals surface area contributed by atoms with Crippen molar-refractivity contribution in [2.75, 3.05) is 4.90 Å². The van der Waals surface area contributed by atoms with Gasteiger partial charge in [0.1, 0.15) is 5.01 Å². The predicted molar refractivity (Wildman–Crippen MR) is 228 cm³/mol. The van der Waals surface area contributed by atoms with Crippen molar-refractivity contribution in [3.8, 4) is 54.5 Å². The van der Waals surface area contributed by atoms with E-state index in [1.807, 2.05) is 11.3 Å². The van der Waals surface area contributed by atoms with Crippen LogP contribution < -0.4 is 4.90 Å². The maximum atomic E-state index is 5.23. The summed E-state index contributed by atoms with van der Waals surface area (Å²) >= 11 is 3.66. The van der Waals surface area contributed by atoms with Gasteiger partial charge in [-0.3, -0.25) is 0 Å². The zero-order chi connectivity index (χ0) is 34.9. The van der Waals surface area contributed by atoms with E-state index in [0.717, 1.165) is 33.3 Å². The first-order valence-electron chi connectivity index (χ1n) is 17.9. The number of nitrogens with zero attached hydrogens (tertiary/aromatic N) is 2. The largest absolute Gasteiger partial charge is 0.310 e. The van der Waals surface area contributed by atoms with Crippen LogP contribution in [-0.4, -0.2) is 4.98 Å². The third-order valence-corrected chi connectivity index (χ3v) is 12.7. The van der Waals surface area contributed by atoms with Crippen LogP contribution in [0, 0.1) is 0 Å². The lowest BCUT2D eigenvalue weighted by molar-refractivity contribution is 1.31. The molecule has 0 N–H and O–H groups in total. The van der Waals surface area contributed by atoms with Crippen LogP contribution in [0.25, 0.3) is 85.5 Å². The van der Waals surface area contributed by atoms with Crippen molar-refractivity contribution in [3.63, 3.8) is 0 Å². The molecule has 0 radical (unpaired) electrons. The highest BCUT2D eigenvalue weighted by molar-refractivity contribution is 7.26. The number of rotatable bonds is 6. The molecule has 8 aromatic carbocycles. The SMILES string of the molecule is c1ccc(-c2cccc(N(c3ccc4c(c3)sc3cccc(-c5ccccc5)c34)c3ccc4c5c(cccc35)-c3nc(-c5ccccc5)sc3-4)c2)cc1. The second kappa shape index (κ2) is 12.1. The number of benzene rings is 8. The molecule has 248 valence electrons. The molecule has 0 bridgehead atoms. The quantitative estimate of drug-likeness (QED) is 0.171. The molecule has 0 amide bonds. The number of aromatic nitrogens is 1. The first-order chi connectivity index (χ1) is 26.3. The number of hydrogen-bond donors (Lipinski definition) is 0.